The Labute approximate surface area is 121 Å². The predicted molar refractivity (Wildman–Crippen MR) is 76.4 cm³/mol. The molecule has 0 saturated heterocycles. The van der Waals surface area contributed by atoms with Crippen molar-refractivity contribution in [1.29, 1.82) is 0 Å². The van der Waals surface area contributed by atoms with Crippen molar-refractivity contribution in [2.45, 2.75) is 11.4 Å². The summed E-state index contributed by atoms with van der Waals surface area (Å²) in [6.45, 7) is 0.425. The molecule has 2 aromatic carbocycles. The van der Waals surface area contributed by atoms with Crippen LogP contribution < -0.4 is 10.0 Å². The van der Waals surface area contributed by atoms with E-state index in [-0.39, 0.29) is 5.69 Å². The highest BCUT2D eigenvalue weighted by atomic mass is 32.2. The molecule has 2 aromatic rings. The molecule has 0 aromatic heterocycles. The number of rotatable bonds is 5. The lowest BCUT2D eigenvalue weighted by molar-refractivity contribution is 0.568. The number of anilines is 1. The van der Waals surface area contributed by atoms with E-state index in [0.717, 1.165) is 12.1 Å². The third-order valence-corrected chi connectivity index (χ3v) is 4.16. The summed E-state index contributed by atoms with van der Waals surface area (Å²) in [7, 11) is -2.40. The summed E-state index contributed by atoms with van der Waals surface area (Å²) in [5.41, 5.74) is 0.661. The highest BCUT2D eigenvalue weighted by Crippen LogP contribution is 2.20. The van der Waals surface area contributed by atoms with Crippen molar-refractivity contribution in [3.8, 4) is 0 Å². The van der Waals surface area contributed by atoms with Crippen molar-refractivity contribution >= 4 is 15.7 Å². The zero-order valence-electron chi connectivity index (χ0n) is 11.2. The molecular formula is C14H14F2N2O2S. The van der Waals surface area contributed by atoms with Crippen LogP contribution in [0.4, 0.5) is 14.5 Å². The van der Waals surface area contributed by atoms with Crippen molar-refractivity contribution in [2.24, 2.45) is 0 Å². The summed E-state index contributed by atoms with van der Waals surface area (Å²) >= 11 is 0. The van der Waals surface area contributed by atoms with Crippen molar-refractivity contribution < 1.29 is 17.2 Å². The molecule has 0 amide bonds. The van der Waals surface area contributed by atoms with Crippen LogP contribution in [0.1, 0.15) is 5.56 Å². The number of hydrogen-bond donors (Lipinski definition) is 2. The van der Waals surface area contributed by atoms with E-state index in [9.17, 15) is 17.2 Å². The Morgan fingerprint density at radius 3 is 2.48 bits per heavy atom. The van der Waals surface area contributed by atoms with Crippen LogP contribution in [0.25, 0.3) is 0 Å². The van der Waals surface area contributed by atoms with E-state index in [0.29, 0.717) is 12.1 Å². The minimum Gasteiger partial charge on any atom is -0.316 e. The standard InChI is InChI=1S/C14H14F2N2O2S/c1-17-9-10-5-6-14(13(16)7-10)21(19,20)18-12-4-2-3-11(15)8-12/h2-8,17-18H,9H2,1H3. The highest BCUT2D eigenvalue weighted by molar-refractivity contribution is 7.92. The van der Waals surface area contributed by atoms with Crippen molar-refractivity contribution in [3.05, 3.63) is 59.7 Å². The maximum atomic E-state index is 13.9. The number of nitrogens with one attached hydrogen (secondary N) is 2. The summed E-state index contributed by atoms with van der Waals surface area (Å²) in [5, 5.41) is 2.84. The Bertz CT molecular complexity index is 748. The first-order valence-electron chi connectivity index (χ1n) is 6.14. The van der Waals surface area contributed by atoms with Crippen LogP contribution in [0, 0.1) is 11.6 Å². The van der Waals surface area contributed by atoms with Gasteiger partial charge in [0.2, 0.25) is 0 Å². The Kier molecular flexibility index (Phi) is 4.54. The minimum atomic E-state index is -4.10. The smallest absolute Gasteiger partial charge is 0.264 e. The molecule has 0 spiro atoms. The first-order valence-corrected chi connectivity index (χ1v) is 7.62. The molecule has 0 unspecified atom stereocenters. The van der Waals surface area contributed by atoms with Crippen LogP contribution in [-0.4, -0.2) is 15.5 Å². The summed E-state index contributed by atoms with van der Waals surface area (Å²) < 4.78 is 53.3. The molecule has 0 saturated carbocycles. The molecule has 21 heavy (non-hydrogen) atoms. The van der Waals surface area contributed by atoms with E-state index < -0.39 is 26.6 Å². The fourth-order valence-corrected chi connectivity index (χ4v) is 2.95. The predicted octanol–water partition coefficient (Wildman–Crippen LogP) is 2.49. The largest absolute Gasteiger partial charge is 0.316 e. The molecule has 2 N–H and O–H groups in total. The van der Waals surface area contributed by atoms with E-state index >= 15 is 0 Å². The van der Waals surface area contributed by atoms with E-state index in [4.69, 9.17) is 0 Å². The van der Waals surface area contributed by atoms with Gasteiger partial charge in [0.15, 0.2) is 0 Å². The van der Waals surface area contributed by atoms with Gasteiger partial charge in [-0.15, -0.1) is 0 Å². The normalized spacial score (nSPS) is 11.4. The van der Waals surface area contributed by atoms with Crippen molar-refractivity contribution in [3.63, 3.8) is 0 Å². The molecule has 7 heteroatoms. The lowest BCUT2D eigenvalue weighted by Crippen LogP contribution is -2.15. The topological polar surface area (TPSA) is 58.2 Å². The van der Waals surface area contributed by atoms with Gasteiger partial charge < -0.3 is 5.32 Å². The molecule has 0 heterocycles. The number of hydrogen-bond acceptors (Lipinski definition) is 3. The van der Waals surface area contributed by atoms with Crippen molar-refractivity contribution in [2.75, 3.05) is 11.8 Å². The Morgan fingerprint density at radius 2 is 1.86 bits per heavy atom. The molecule has 0 bridgehead atoms. The molecule has 0 aliphatic carbocycles. The summed E-state index contributed by atoms with van der Waals surface area (Å²) in [6, 6.07) is 8.79. The van der Waals surface area contributed by atoms with Crippen molar-refractivity contribution in [1.82, 2.24) is 5.32 Å². The van der Waals surface area contributed by atoms with Gasteiger partial charge in [-0.3, -0.25) is 4.72 Å². The molecule has 0 atom stereocenters. The molecule has 0 aliphatic heterocycles. The fraction of sp³-hybridized carbons (Fsp3) is 0.143. The van der Waals surface area contributed by atoms with Crippen LogP contribution in [0.15, 0.2) is 47.4 Å². The van der Waals surface area contributed by atoms with Gasteiger partial charge in [-0.2, -0.15) is 0 Å². The SMILES string of the molecule is CNCc1ccc(S(=O)(=O)Nc2cccc(F)c2)c(F)c1. The van der Waals surface area contributed by atoms with Crippen LogP contribution in [0.2, 0.25) is 0 Å². The third kappa shape index (κ3) is 3.77. The molecule has 4 nitrogen and oxygen atoms in total. The van der Waals surface area contributed by atoms with Gasteiger partial charge in [-0.25, -0.2) is 17.2 Å². The first-order chi connectivity index (χ1) is 9.92. The number of halogens is 2. The Hall–Kier alpha value is -1.99. The van der Waals surface area contributed by atoms with Gasteiger partial charge in [-0.1, -0.05) is 12.1 Å². The quantitative estimate of drug-likeness (QED) is 0.892. The van der Waals surface area contributed by atoms with E-state index in [1.54, 1.807) is 7.05 Å². The van der Waals surface area contributed by atoms with Gasteiger partial charge >= 0.3 is 0 Å². The minimum absolute atomic E-state index is 0.0358. The summed E-state index contributed by atoms with van der Waals surface area (Å²) in [4.78, 5) is -0.480. The van der Waals surface area contributed by atoms with E-state index in [1.165, 1.54) is 30.3 Å². The zero-order chi connectivity index (χ0) is 15.5. The van der Waals surface area contributed by atoms with Gasteiger partial charge in [0, 0.05) is 6.54 Å². The molecular weight excluding hydrogens is 298 g/mol. The van der Waals surface area contributed by atoms with Crippen LogP contribution in [0.3, 0.4) is 0 Å². The monoisotopic (exact) mass is 312 g/mol. The lowest BCUT2D eigenvalue weighted by atomic mass is 10.2. The fourth-order valence-electron chi connectivity index (χ4n) is 1.84. The van der Waals surface area contributed by atoms with E-state index in [2.05, 4.69) is 10.0 Å². The van der Waals surface area contributed by atoms with Gasteiger partial charge in [0.1, 0.15) is 16.5 Å². The molecule has 2 rings (SSSR count). The average Bonchev–Trinajstić information content (AvgIpc) is 2.38. The maximum Gasteiger partial charge on any atom is 0.264 e. The Morgan fingerprint density at radius 1 is 1.10 bits per heavy atom. The highest BCUT2D eigenvalue weighted by Gasteiger charge is 2.19. The maximum absolute atomic E-state index is 13.9. The van der Waals surface area contributed by atoms with Gasteiger partial charge in [-0.05, 0) is 42.9 Å². The molecule has 0 radical (unpaired) electrons. The average molecular weight is 312 g/mol. The zero-order valence-corrected chi connectivity index (χ0v) is 12.0. The number of benzene rings is 2. The second-order valence-corrected chi connectivity index (χ2v) is 6.06. The summed E-state index contributed by atoms with van der Waals surface area (Å²) in [5.74, 6) is -1.44. The molecule has 112 valence electrons. The molecule has 0 fully saturated rings. The van der Waals surface area contributed by atoms with Crippen LogP contribution >= 0.6 is 0 Å². The van der Waals surface area contributed by atoms with Crippen LogP contribution in [0.5, 0.6) is 0 Å². The first kappa shape index (κ1) is 15.4. The van der Waals surface area contributed by atoms with Gasteiger partial charge in [0.25, 0.3) is 10.0 Å². The molecule has 0 aliphatic rings. The van der Waals surface area contributed by atoms with E-state index in [1.807, 2.05) is 0 Å². The summed E-state index contributed by atoms with van der Waals surface area (Å²) in [6.07, 6.45) is 0. The number of sulfonamides is 1. The van der Waals surface area contributed by atoms with Gasteiger partial charge in [0.05, 0.1) is 5.69 Å². The second kappa shape index (κ2) is 6.19. The Balaban J connectivity index is 2.31. The third-order valence-electron chi connectivity index (χ3n) is 2.74. The van der Waals surface area contributed by atoms with Crippen LogP contribution in [-0.2, 0) is 16.6 Å². The second-order valence-electron chi connectivity index (χ2n) is 4.41. The lowest BCUT2D eigenvalue weighted by Gasteiger charge is -2.10.